The number of piperidine rings is 2. The van der Waals surface area contributed by atoms with Gasteiger partial charge in [-0.15, -0.1) is 0 Å². The van der Waals surface area contributed by atoms with Crippen molar-refractivity contribution in [2.75, 3.05) is 37.5 Å². The molecule has 0 saturated carbocycles. The van der Waals surface area contributed by atoms with Crippen molar-refractivity contribution in [2.45, 2.75) is 37.7 Å². The monoisotopic (exact) mass is 428 g/mol. The van der Waals surface area contributed by atoms with Crippen molar-refractivity contribution in [3.8, 4) is 0 Å². The van der Waals surface area contributed by atoms with E-state index >= 15 is 0 Å². The number of amides is 2. The minimum Gasteiger partial charge on any atom is -0.376 e. The van der Waals surface area contributed by atoms with E-state index < -0.39 is 27.8 Å². The number of carbonyl (C=O) groups excluding carboxylic acids is 2. The Morgan fingerprint density at radius 1 is 1.17 bits per heavy atom. The zero-order valence-electron chi connectivity index (χ0n) is 16.2. The maximum atomic E-state index is 14.7. The van der Waals surface area contributed by atoms with E-state index in [-0.39, 0.29) is 31.6 Å². The molecule has 10 heteroatoms. The number of hydrogen-bond donors (Lipinski definition) is 1. The number of nitrogens with zero attached hydrogens (tertiary/aromatic N) is 1. The van der Waals surface area contributed by atoms with Crippen molar-refractivity contribution in [2.24, 2.45) is 0 Å². The van der Waals surface area contributed by atoms with Crippen molar-refractivity contribution in [3.63, 3.8) is 0 Å². The Bertz CT molecular complexity index is 867. The van der Waals surface area contributed by atoms with Gasteiger partial charge in [0.2, 0.25) is 11.8 Å². The summed E-state index contributed by atoms with van der Waals surface area (Å²) in [5.41, 5.74) is 1.04. The molecule has 1 unspecified atom stereocenters. The smallest absolute Gasteiger partial charge is 0.264 e. The van der Waals surface area contributed by atoms with Crippen molar-refractivity contribution in [1.29, 1.82) is 0 Å². The second kappa shape index (κ2) is 9.19. The molecule has 0 aromatic heterocycles. The van der Waals surface area contributed by atoms with Crippen LogP contribution in [0.1, 0.15) is 37.2 Å². The van der Waals surface area contributed by atoms with Crippen LogP contribution < -0.4 is 10.2 Å². The lowest BCUT2D eigenvalue weighted by molar-refractivity contribution is -0.134. The Balaban J connectivity index is 1.51. The van der Waals surface area contributed by atoms with Gasteiger partial charge in [-0.1, -0.05) is 6.07 Å². The molecule has 3 rings (SSSR count). The number of benzene rings is 1. The predicted octanol–water partition coefficient (Wildman–Crippen LogP) is 1.31. The maximum absolute atomic E-state index is 14.7. The Labute approximate surface area is 169 Å². The lowest BCUT2D eigenvalue weighted by Crippen LogP contribution is -2.40. The molecule has 29 heavy (non-hydrogen) atoms. The molecule has 1 aromatic carbocycles. The van der Waals surface area contributed by atoms with Crippen molar-refractivity contribution < 1.29 is 31.3 Å². The fourth-order valence-electron chi connectivity index (χ4n) is 3.67. The molecule has 8 nitrogen and oxygen atoms in total. The van der Waals surface area contributed by atoms with Gasteiger partial charge in [-0.05, 0) is 31.4 Å². The average Bonchev–Trinajstić information content (AvgIpc) is 2.66. The molecule has 2 aliphatic heterocycles. The third-order valence-electron chi connectivity index (χ3n) is 5.14. The van der Waals surface area contributed by atoms with Crippen LogP contribution in [-0.4, -0.2) is 58.9 Å². The molecule has 0 radical (unpaired) electrons. The van der Waals surface area contributed by atoms with Gasteiger partial charge in [-0.25, -0.2) is 4.39 Å². The summed E-state index contributed by atoms with van der Waals surface area (Å²) < 4.78 is 46.8. The molecule has 2 amide bonds. The van der Waals surface area contributed by atoms with Gasteiger partial charge in [-0.2, -0.15) is 8.42 Å². The molecular formula is C19H25FN2O6S. The van der Waals surface area contributed by atoms with Crippen molar-refractivity contribution in [1.82, 2.24) is 5.32 Å². The van der Waals surface area contributed by atoms with Crippen LogP contribution in [0.25, 0.3) is 0 Å². The number of imide groups is 1. The van der Waals surface area contributed by atoms with Crippen LogP contribution in [0.15, 0.2) is 18.2 Å². The molecule has 2 aliphatic rings. The Kier molecular flexibility index (Phi) is 6.86. The van der Waals surface area contributed by atoms with Gasteiger partial charge in [0.05, 0.1) is 31.5 Å². The van der Waals surface area contributed by atoms with E-state index in [0.717, 1.165) is 24.8 Å². The largest absolute Gasteiger partial charge is 0.376 e. The Morgan fingerprint density at radius 2 is 1.90 bits per heavy atom. The number of halogens is 1. The SMILES string of the molecule is CS(=O)(=O)OCCOC1CCN(c2ccc(C3CCC(=O)NC3=O)c(F)c2)CC1. The molecule has 1 N–H and O–H groups in total. The first kappa shape index (κ1) is 21.7. The lowest BCUT2D eigenvalue weighted by atomic mass is 9.90. The van der Waals surface area contributed by atoms with Gasteiger partial charge in [0.15, 0.2) is 0 Å². The fraction of sp³-hybridized carbons (Fsp3) is 0.579. The van der Waals surface area contributed by atoms with Gasteiger partial charge in [0.25, 0.3) is 10.1 Å². The summed E-state index contributed by atoms with van der Waals surface area (Å²) >= 11 is 0. The van der Waals surface area contributed by atoms with E-state index in [1.165, 1.54) is 6.07 Å². The summed E-state index contributed by atoms with van der Waals surface area (Å²) in [5.74, 6) is -1.87. The van der Waals surface area contributed by atoms with E-state index in [2.05, 4.69) is 9.50 Å². The van der Waals surface area contributed by atoms with Gasteiger partial charge >= 0.3 is 0 Å². The summed E-state index contributed by atoms with van der Waals surface area (Å²) in [6.45, 7) is 1.54. The molecule has 0 bridgehead atoms. The Hall–Kier alpha value is -2.04. The highest BCUT2D eigenvalue weighted by Crippen LogP contribution is 2.30. The third-order valence-corrected chi connectivity index (χ3v) is 5.73. The molecule has 1 aromatic rings. The third kappa shape index (κ3) is 5.97. The Morgan fingerprint density at radius 3 is 2.52 bits per heavy atom. The molecule has 160 valence electrons. The first-order valence-electron chi connectivity index (χ1n) is 9.57. The number of anilines is 1. The first-order chi connectivity index (χ1) is 13.7. The van der Waals surface area contributed by atoms with Crippen LogP contribution in [0.5, 0.6) is 0 Å². The molecule has 2 heterocycles. The fourth-order valence-corrected chi connectivity index (χ4v) is 4.04. The highest BCUT2D eigenvalue weighted by atomic mass is 32.2. The van der Waals surface area contributed by atoms with Crippen molar-refractivity contribution in [3.05, 3.63) is 29.6 Å². The van der Waals surface area contributed by atoms with E-state index in [1.54, 1.807) is 12.1 Å². The highest BCUT2D eigenvalue weighted by molar-refractivity contribution is 7.85. The maximum Gasteiger partial charge on any atom is 0.264 e. The normalized spacial score (nSPS) is 21.3. The minimum atomic E-state index is -3.46. The van der Waals surface area contributed by atoms with Gasteiger partial charge < -0.3 is 9.64 Å². The highest BCUT2D eigenvalue weighted by Gasteiger charge is 2.30. The summed E-state index contributed by atoms with van der Waals surface area (Å²) in [6.07, 6.45) is 2.98. The van der Waals surface area contributed by atoms with Crippen LogP contribution in [0.4, 0.5) is 10.1 Å². The predicted molar refractivity (Wildman–Crippen MR) is 104 cm³/mol. The number of rotatable bonds is 7. The zero-order valence-corrected chi connectivity index (χ0v) is 17.0. The summed E-state index contributed by atoms with van der Waals surface area (Å²) in [5, 5.41) is 2.26. The number of ether oxygens (including phenoxy) is 1. The van der Waals surface area contributed by atoms with Crippen LogP contribution in [-0.2, 0) is 28.6 Å². The summed E-state index contributed by atoms with van der Waals surface area (Å²) in [7, 11) is -3.46. The molecule has 2 saturated heterocycles. The zero-order chi connectivity index (χ0) is 21.0. The standard InChI is InChI=1S/C19H25FN2O6S/c1-29(25,26)28-11-10-27-14-6-8-22(9-7-14)13-2-3-15(17(20)12-13)16-4-5-18(23)21-19(16)24/h2-3,12,14,16H,4-11H2,1H3,(H,21,23,24). The number of carbonyl (C=O) groups is 2. The molecular weight excluding hydrogens is 403 g/mol. The van der Waals surface area contributed by atoms with Gasteiger partial charge in [-0.3, -0.25) is 19.1 Å². The summed E-state index contributed by atoms with van der Waals surface area (Å²) in [6, 6.07) is 4.85. The van der Waals surface area contributed by atoms with Crippen LogP contribution in [0.2, 0.25) is 0 Å². The average molecular weight is 428 g/mol. The number of hydrogen-bond acceptors (Lipinski definition) is 7. The van der Waals surface area contributed by atoms with Crippen LogP contribution in [0.3, 0.4) is 0 Å². The molecule has 0 spiro atoms. The lowest BCUT2D eigenvalue weighted by Gasteiger charge is -2.34. The number of nitrogens with one attached hydrogen (secondary N) is 1. The van der Waals surface area contributed by atoms with Crippen LogP contribution in [0, 0.1) is 5.82 Å². The molecule has 0 aliphatic carbocycles. The molecule has 1 atom stereocenters. The van der Waals surface area contributed by atoms with E-state index in [4.69, 9.17) is 4.74 Å². The van der Waals surface area contributed by atoms with Gasteiger partial charge in [0, 0.05) is 30.8 Å². The first-order valence-corrected chi connectivity index (χ1v) is 11.4. The second-order valence-corrected chi connectivity index (χ2v) is 8.94. The van der Waals surface area contributed by atoms with Crippen molar-refractivity contribution >= 4 is 27.6 Å². The summed E-state index contributed by atoms with van der Waals surface area (Å²) in [4.78, 5) is 25.3. The van der Waals surface area contributed by atoms with E-state index in [1.807, 2.05) is 4.90 Å². The second-order valence-electron chi connectivity index (χ2n) is 7.29. The minimum absolute atomic E-state index is 0.00185. The van der Waals surface area contributed by atoms with Gasteiger partial charge in [0.1, 0.15) is 5.82 Å². The topological polar surface area (TPSA) is 102 Å². The van der Waals surface area contributed by atoms with E-state index in [0.29, 0.717) is 25.1 Å². The van der Waals surface area contributed by atoms with Crippen LogP contribution >= 0.6 is 0 Å². The van der Waals surface area contributed by atoms with E-state index in [9.17, 15) is 22.4 Å². The quantitative estimate of drug-likeness (QED) is 0.397. The molecule has 2 fully saturated rings.